The molecule has 0 aromatic heterocycles. The number of hydrogen-bond acceptors (Lipinski definition) is 4. The topological polar surface area (TPSA) is 66.5 Å². The minimum Gasteiger partial charge on any atom is -0.324 e. The first-order chi connectivity index (χ1) is 13.3. The molecule has 1 aliphatic rings. The Bertz CT molecular complexity index is 1020. The number of nitrogens with one attached hydrogen (secondary N) is 1. The molecule has 0 unspecified atom stereocenters. The monoisotopic (exact) mass is 462 g/mol. The van der Waals surface area contributed by atoms with Gasteiger partial charge in [-0.05, 0) is 82.5 Å². The van der Waals surface area contributed by atoms with Crippen molar-refractivity contribution in [2.45, 2.75) is 13.8 Å². The highest BCUT2D eigenvalue weighted by molar-refractivity contribution is 9.10. The Balaban J connectivity index is 1.73. The van der Waals surface area contributed by atoms with Crippen molar-refractivity contribution in [1.82, 2.24) is 4.90 Å². The summed E-state index contributed by atoms with van der Waals surface area (Å²) < 4.78 is 13.6. The second kappa shape index (κ2) is 8.28. The van der Waals surface area contributed by atoms with Crippen LogP contribution in [0.4, 0.5) is 14.9 Å². The molecule has 28 heavy (non-hydrogen) atoms. The third kappa shape index (κ3) is 4.34. The van der Waals surface area contributed by atoms with Crippen molar-refractivity contribution in [2.24, 2.45) is 0 Å². The van der Waals surface area contributed by atoms with Gasteiger partial charge < -0.3 is 5.32 Å². The lowest BCUT2D eigenvalue weighted by molar-refractivity contribution is -0.127. The molecule has 2 aromatic rings. The van der Waals surface area contributed by atoms with Gasteiger partial charge in [-0.2, -0.15) is 0 Å². The van der Waals surface area contributed by atoms with Crippen LogP contribution in [0, 0.1) is 19.7 Å². The van der Waals surface area contributed by atoms with Gasteiger partial charge in [0, 0.05) is 5.69 Å². The van der Waals surface area contributed by atoms with Crippen LogP contribution in [0.5, 0.6) is 0 Å². The average molecular weight is 463 g/mol. The summed E-state index contributed by atoms with van der Waals surface area (Å²) in [5, 5.41) is 2.22. The molecule has 0 radical (unpaired) electrons. The summed E-state index contributed by atoms with van der Waals surface area (Å²) >= 11 is 3.83. The van der Waals surface area contributed by atoms with E-state index in [0.717, 1.165) is 27.8 Å². The highest BCUT2D eigenvalue weighted by Gasteiger charge is 2.36. The summed E-state index contributed by atoms with van der Waals surface area (Å²) in [6.45, 7) is 3.44. The number of aryl methyl sites for hydroxylation is 1. The van der Waals surface area contributed by atoms with Gasteiger partial charge in [-0.3, -0.25) is 19.3 Å². The van der Waals surface area contributed by atoms with Crippen LogP contribution >= 0.6 is 27.7 Å². The Hall–Kier alpha value is -2.45. The first kappa shape index (κ1) is 20.3. The fourth-order valence-corrected chi connectivity index (χ4v) is 3.84. The van der Waals surface area contributed by atoms with E-state index in [4.69, 9.17) is 0 Å². The maximum atomic E-state index is 13.3. The molecule has 1 aliphatic heterocycles. The molecule has 0 spiro atoms. The maximum absolute atomic E-state index is 13.3. The van der Waals surface area contributed by atoms with Crippen LogP contribution in [0.15, 0.2) is 45.8 Å². The van der Waals surface area contributed by atoms with Crippen LogP contribution in [0.2, 0.25) is 0 Å². The van der Waals surface area contributed by atoms with Crippen LogP contribution < -0.4 is 5.32 Å². The van der Waals surface area contributed by atoms with Gasteiger partial charge in [0.1, 0.15) is 12.4 Å². The highest BCUT2D eigenvalue weighted by Crippen LogP contribution is 2.32. The molecule has 0 saturated carbocycles. The van der Waals surface area contributed by atoms with Gasteiger partial charge in [-0.25, -0.2) is 4.39 Å². The number of benzene rings is 2. The van der Waals surface area contributed by atoms with E-state index in [9.17, 15) is 18.8 Å². The molecule has 144 valence electrons. The number of carbonyl (C=O) groups is 3. The van der Waals surface area contributed by atoms with Crippen molar-refractivity contribution in [2.75, 3.05) is 11.9 Å². The van der Waals surface area contributed by atoms with Gasteiger partial charge in [-0.15, -0.1) is 0 Å². The van der Waals surface area contributed by atoms with E-state index < -0.39 is 22.9 Å². The molecule has 0 bridgehead atoms. The maximum Gasteiger partial charge on any atom is 0.294 e. The van der Waals surface area contributed by atoms with Gasteiger partial charge in [-0.1, -0.05) is 18.2 Å². The van der Waals surface area contributed by atoms with E-state index in [1.807, 2.05) is 26.0 Å². The van der Waals surface area contributed by atoms with Gasteiger partial charge in [0.2, 0.25) is 5.91 Å². The van der Waals surface area contributed by atoms with Crippen LogP contribution in [0.3, 0.4) is 0 Å². The summed E-state index contributed by atoms with van der Waals surface area (Å²) in [5.41, 5.74) is 3.16. The lowest BCUT2D eigenvalue weighted by Gasteiger charge is -2.14. The molecule has 1 saturated heterocycles. The van der Waals surface area contributed by atoms with Crippen molar-refractivity contribution in [1.29, 1.82) is 0 Å². The smallest absolute Gasteiger partial charge is 0.294 e. The fourth-order valence-electron chi connectivity index (χ4n) is 2.61. The van der Waals surface area contributed by atoms with Crippen molar-refractivity contribution >= 4 is 56.5 Å². The lowest BCUT2D eigenvalue weighted by Crippen LogP contribution is -2.36. The number of halogens is 2. The summed E-state index contributed by atoms with van der Waals surface area (Å²) in [6, 6.07) is 9.79. The zero-order chi connectivity index (χ0) is 20.4. The molecule has 8 heteroatoms. The molecule has 1 N–H and O–H groups in total. The first-order valence-electron chi connectivity index (χ1n) is 8.32. The summed E-state index contributed by atoms with van der Waals surface area (Å²) in [7, 11) is 0. The molecule has 2 aromatic carbocycles. The normalized spacial score (nSPS) is 15.4. The van der Waals surface area contributed by atoms with E-state index in [0.29, 0.717) is 11.3 Å². The Morgan fingerprint density at radius 1 is 1.25 bits per heavy atom. The molecule has 3 rings (SSSR count). The predicted octanol–water partition coefficient (Wildman–Crippen LogP) is 4.88. The largest absolute Gasteiger partial charge is 0.324 e. The minimum atomic E-state index is -0.549. The van der Waals surface area contributed by atoms with Gasteiger partial charge >= 0.3 is 0 Å². The molecule has 1 fully saturated rings. The van der Waals surface area contributed by atoms with Crippen LogP contribution in [-0.2, 0) is 9.59 Å². The standard InChI is InChI=1S/C20H16BrFN2O3S/c1-11-4-3-5-16(12(11)2)23-18(25)10-24-19(26)17(28-20(24)27)9-13-6-7-15(22)14(21)8-13/h3-9H,10H2,1-2H3,(H,23,25)/b17-9+. The van der Waals surface area contributed by atoms with Gasteiger partial charge in [0.15, 0.2) is 0 Å². The summed E-state index contributed by atoms with van der Waals surface area (Å²) in [4.78, 5) is 38.1. The fraction of sp³-hybridized carbons (Fsp3) is 0.150. The quantitative estimate of drug-likeness (QED) is 0.657. The third-order valence-corrected chi connectivity index (χ3v) is 5.81. The second-order valence-corrected chi connectivity index (χ2v) is 8.08. The lowest BCUT2D eigenvalue weighted by atomic mass is 10.1. The zero-order valence-corrected chi connectivity index (χ0v) is 17.5. The van der Waals surface area contributed by atoms with Crippen molar-refractivity contribution < 1.29 is 18.8 Å². The average Bonchev–Trinajstić information content (AvgIpc) is 2.89. The van der Waals surface area contributed by atoms with E-state index >= 15 is 0 Å². The van der Waals surface area contributed by atoms with Crippen molar-refractivity contribution in [3.63, 3.8) is 0 Å². The Morgan fingerprint density at radius 3 is 2.71 bits per heavy atom. The SMILES string of the molecule is Cc1cccc(NC(=O)CN2C(=O)S/C(=C/c3ccc(F)c(Br)c3)C2=O)c1C. The number of anilines is 1. The molecular formula is C20H16BrFN2O3S. The van der Waals surface area contributed by atoms with Crippen LogP contribution in [0.1, 0.15) is 16.7 Å². The second-order valence-electron chi connectivity index (χ2n) is 6.24. The number of rotatable bonds is 4. The number of hydrogen-bond donors (Lipinski definition) is 1. The van der Waals surface area contributed by atoms with Crippen molar-refractivity contribution in [3.05, 3.63) is 68.3 Å². The number of carbonyl (C=O) groups excluding carboxylic acids is 3. The third-order valence-electron chi connectivity index (χ3n) is 4.30. The number of imide groups is 1. The molecule has 1 heterocycles. The molecular weight excluding hydrogens is 447 g/mol. The van der Waals surface area contributed by atoms with E-state index in [1.165, 1.54) is 24.3 Å². The Kier molecular flexibility index (Phi) is 6.00. The first-order valence-corrected chi connectivity index (χ1v) is 9.93. The molecule has 0 atom stereocenters. The summed E-state index contributed by atoms with van der Waals surface area (Å²) in [6.07, 6.45) is 1.50. The highest BCUT2D eigenvalue weighted by atomic mass is 79.9. The number of nitrogens with zero attached hydrogens (tertiary/aromatic N) is 1. The van der Waals surface area contributed by atoms with E-state index in [2.05, 4.69) is 21.2 Å². The van der Waals surface area contributed by atoms with Gasteiger partial charge in [0.05, 0.1) is 9.38 Å². The van der Waals surface area contributed by atoms with E-state index in [-0.39, 0.29) is 15.9 Å². The molecule has 3 amide bonds. The molecule has 5 nitrogen and oxygen atoms in total. The number of thioether (sulfide) groups is 1. The molecule has 0 aliphatic carbocycles. The van der Waals surface area contributed by atoms with Crippen LogP contribution in [0.25, 0.3) is 6.08 Å². The summed E-state index contributed by atoms with van der Waals surface area (Å²) in [5.74, 6) is -1.43. The predicted molar refractivity (Wildman–Crippen MR) is 111 cm³/mol. The van der Waals surface area contributed by atoms with Crippen LogP contribution in [-0.4, -0.2) is 28.5 Å². The minimum absolute atomic E-state index is 0.183. The van der Waals surface area contributed by atoms with E-state index in [1.54, 1.807) is 6.07 Å². The Labute approximate surface area is 174 Å². The Morgan fingerprint density at radius 2 is 2.00 bits per heavy atom. The number of amides is 3. The zero-order valence-electron chi connectivity index (χ0n) is 15.1. The van der Waals surface area contributed by atoms with Gasteiger partial charge in [0.25, 0.3) is 11.1 Å². The van der Waals surface area contributed by atoms with Crippen molar-refractivity contribution in [3.8, 4) is 0 Å².